The Morgan fingerprint density at radius 2 is 1.88 bits per heavy atom. The van der Waals surface area contributed by atoms with Crippen molar-refractivity contribution in [3.05, 3.63) is 64.7 Å². The van der Waals surface area contributed by atoms with Crippen LogP contribution in [0.5, 0.6) is 5.75 Å². The third kappa shape index (κ3) is 3.03. The third-order valence-electron chi connectivity index (χ3n) is 5.30. The molecule has 4 N–H and O–H groups in total. The molecule has 2 aromatic carbocycles. The van der Waals surface area contributed by atoms with E-state index in [4.69, 9.17) is 0 Å². The molecule has 0 bridgehead atoms. The number of benzene rings is 2. The normalized spacial score (nSPS) is 18.3. The molecular formula is C21H24N2O2. The van der Waals surface area contributed by atoms with Crippen LogP contribution in [-0.2, 0) is 12.8 Å². The van der Waals surface area contributed by atoms with Crippen molar-refractivity contribution < 1.29 is 10.2 Å². The number of phenolic OH excluding ortho intramolecular Hbond substituents is 1. The molecule has 130 valence electrons. The quantitative estimate of drug-likeness (QED) is 0.648. The molecule has 4 heteroatoms. The van der Waals surface area contributed by atoms with Crippen molar-refractivity contribution in [1.29, 1.82) is 0 Å². The van der Waals surface area contributed by atoms with E-state index in [9.17, 15) is 10.2 Å². The van der Waals surface area contributed by atoms with Gasteiger partial charge in [-0.15, -0.1) is 0 Å². The Hall–Kier alpha value is -2.30. The highest BCUT2D eigenvalue weighted by Gasteiger charge is 2.32. The Bertz CT molecular complexity index is 804. The van der Waals surface area contributed by atoms with Crippen molar-refractivity contribution in [3.63, 3.8) is 0 Å². The van der Waals surface area contributed by atoms with Crippen LogP contribution in [-0.4, -0.2) is 28.8 Å². The molecule has 0 amide bonds. The first kappa shape index (κ1) is 16.2. The lowest BCUT2D eigenvalue weighted by Gasteiger charge is -2.28. The molecule has 25 heavy (non-hydrogen) atoms. The van der Waals surface area contributed by atoms with Crippen LogP contribution in [0.25, 0.3) is 6.08 Å². The average Bonchev–Trinajstić information content (AvgIpc) is 2.97. The summed E-state index contributed by atoms with van der Waals surface area (Å²) in [5.41, 5.74) is 5.17. The van der Waals surface area contributed by atoms with Crippen molar-refractivity contribution in [1.82, 2.24) is 5.32 Å². The Labute approximate surface area is 148 Å². The average molecular weight is 336 g/mol. The number of hydrogen-bond acceptors (Lipinski definition) is 4. The summed E-state index contributed by atoms with van der Waals surface area (Å²) in [7, 11) is 0. The zero-order valence-corrected chi connectivity index (χ0v) is 14.4. The van der Waals surface area contributed by atoms with Crippen molar-refractivity contribution in [2.75, 3.05) is 18.4 Å². The fraction of sp³-hybridized carbons (Fsp3) is 0.333. The van der Waals surface area contributed by atoms with Crippen molar-refractivity contribution in [2.24, 2.45) is 0 Å². The summed E-state index contributed by atoms with van der Waals surface area (Å²) in [4.78, 5) is 0. The van der Waals surface area contributed by atoms with Crippen LogP contribution in [0.4, 0.5) is 5.69 Å². The standard InChI is InChI=1S/C21H24N2O2/c1-21(11-14-5-2-3-6-15(14)12-21)23-13-19(25)16-8-9-18(24)20-17(16)7-4-10-22-20/h2-9,19,22-25H,10-13H2,1H3/t19-/m0/s1. The number of fused-ring (bicyclic) bond motifs is 2. The fourth-order valence-corrected chi connectivity index (χ4v) is 4.00. The number of phenols is 1. The molecule has 0 saturated heterocycles. The Balaban J connectivity index is 1.49. The van der Waals surface area contributed by atoms with Crippen LogP contribution in [0.15, 0.2) is 42.5 Å². The minimum Gasteiger partial charge on any atom is -0.506 e. The molecule has 1 atom stereocenters. The van der Waals surface area contributed by atoms with Crippen molar-refractivity contribution in [2.45, 2.75) is 31.4 Å². The molecule has 0 unspecified atom stereocenters. The Morgan fingerprint density at radius 3 is 2.60 bits per heavy atom. The van der Waals surface area contributed by atoms with E-state index >= 15 is 0 Å². The predicted molar refractivity (Wildman–Crippen MR) is 101 cm³/mol. The van der Waals surface area contributed by atoms with Crippen LogP contribution in [0.3, 0.4) is 0 Å². The molecule has 2 aliphatic rings. The maximum absolute atomic E-state index is 10.8. The van der Waals surface area contributed by atoms with E-state index in [0.29, 0.717) is 18.8 Å². The number of β-amino-alcohol motifs (C(OH)–C–C–N with tert-alkyl or cyclic N) is 1. The van der Waals surface area contributed by atoms with Crippen LogP contribution in [0, 0.1) is 0 Å². The molecular weight excluding hydrogens is 312 g/mol. The number of rotatable bonds is 4. The first-order valence-corrected chi connectivity index (χ1v) is 8.82. The van der Waals surface area contributed by atoms with E-state index in [0.717, 1.165) is 24.0 Å². The molecule has 4 nitrogen and oxygen atoms in total. The molecule has 1 aliphatic carbocycles. The lowest BCUT2D eigenvalue weighted by atomic mass is 9.95. The van der Waals surface area contributed by atoms with E-state index in [1.165, 1.54) is 11.1 Å². The van der Waals surface area contributed by atoms with Gasteiger partial charge < -0.3 is 20.8 Å². The summed E-state index contributed by atoms with van der Waals surface area (Å²) < 4.78 is 0. The van der Waals surface area contributed by atoms with Gasteiger partial charge in [0.15, 0.2) is 0 Å². The number of anilines is 1. The summed E-state index contributed by atoms with van der Waals surface area (Å²) in [5.74, 6) is 0.224. The monoisotopic (exact) mass is 336 g/mol. The van der Waals surface area contributed by atoms with Crippen LogP contribution >= 0.6 is 0 Å². The number of aliphatic hydroxyl groups excluding tert-OH is 1. The van der Waals surface area contributed by atoms with Gasteiger partial charge in [-0.3, -0.25) is 0 Å². The second kappa shape index (κ2) is 6.21. The van der Waals surface area contributed by atoms with Gasteiger partial charge in [-0.2, -0.15) is 0 Å². The van der Waals surface area contributed by atoms with E-state index in [1.54, 1.807) is 6.07 Å². The Morgan fingerprint density at radius 1 is 1.16 bits per heavy atom. The molecule has 0 radical (unpaired) electrons. The zero-order chi connectivity index (χ0) is 17.4. The molecule has 1 heterocycles. The van der Waals surface area contributed by atoms with Gasteiger partial charge in [0.2, 0.25) is 0 Å². The van der Waals surface area contributed by atoms with Gasteiger partial charge >= 0.3 is 0 Å². The maximum atomic E-state index is 10.8. The summed E-state index contributed by atoms with van der Waals surface area (Å²) >= 11 is 0. The summed E-state index contributed by atoms with van der Waals surface area (Å²) in [5, 5.41) is 27.5. The van der Waals surface area contributed by atoms with Gasteiger partial charge in [-0.05, 0) is 42.5 Å². The van der Waals surface area contributed by atoms with Crippen molar-refractivity contribution >= 4 is 11.8 Å². The SMILES string of the molecule is CC1(NC[C@H](O)c2ccc(O)c3c2C=CCN3)Cc2ccccc2C1. The van der Waals surface area contributed by atoms with Gasteiger partial charge in [0, 0.05) is 24.2 Å². The first-order chi connectivity index (χ1) is 12.1. The summed E-state index contributed by atoms with van der Waals surface area (Å²) in [6.45, 7) is 3.39. The fourth-order valence-electron chi connectivity index (χ4n) is 4.00. The Kier molecular flexibility index (Phi) is 4.02. The second-order valence-electron chi connectivity index (χ2n) is 7.33. The van der Waals surface area contributed by atoms with Gasteiger partial charge in [0.1, 0.15) is 5.75 Å². The highest BCUT2D eigenvalue weighted by atomic mass is 16.3. The van der Waals surface area contributed by atoms with Gasteiger partial charge in [0.25, 0.3) is 0 Å². The molecule has 0 spiro atoms. The number of hydrogen-bond donors (Lipinski definition) is 4. The van der Waals surface area contributed by atoms with E-state index in [1.807, 2.05) is 18.2 Å². The highest BCUT2D eigenvalue weighted by Crippen LogP contribution is 2.36. The summed E-state index contributed by atoms with van der Waals surface area (Å²) in [6.07, 6.45) is 5.30. The second-order valence-corrected chi connectivity index (χ2v) is 7.33. The van der Waals surface area contributed by atoms with E-state index < -0.39 is 6.10 Å². The van der Waals surface area contributed by atoms with Gasteiger partial charge in [-0.25, -0.2) is 0 Å². The van der Waals surface area contributed by atoms with E-state index in [2.05, 4.69) is 41.8 Å². The topological polar surface area (TPSA) is 64.5 Å². The van der Waals surface area contributed by atoms with Gasteiger partial charge in [-0.1, -0.05) is 42.5 Å². The minimum absolute atomic E-state index is 0.0320. The largest absolute Gasteiger partial charge is 0.506 e. The number of aromatic hydroxyl groups is 1. The zero-order valence-electron chi connectivity index (χ0n) is 14.4. The molecule has 0 fully saturated rings. The molecule has 0 saturated carbocycles. The van der Waals surface area contributed by atoms with Crippen molar-refractivity contribution in [3.8, 4) is 5.75 Å². The predicted octanol–water partition coefficient (Wildman–Crippen LogP) is 3.01. The van der Waals surface area contributed by atoms with Crippen LogP contribution in [0.1, 0.15) is 35.3 Å². The minimum atomic E-state index is -0.626. The smallest absolute Gasteiger partial charge is 0.139 e. The highest BCUT2D eigenvalue weighted by molar-refractivity contribution is 5.77. The van der Waals surface area contributed by atoms with Crippen LogP contribution in [0.2, 0.25) is 0 Å². The lowest BCUT2D eigenvalue weighted by molar-refractivity contribution is 0.159. The van der Waals surface area contributed by atoms with Gasteiger partial charge in [0.05, 0.1) is 11.8 Å². The first-order valence-electron chi connectivity index (χ1n) is 8.82. The number of nitrogens with one attached hydrogen (secondary N) is 2. The van der Waals surface area contributed by atoms with Crippen LogP contribution < -0.4 is 10.6 Å². The third-order valence-corrected chi connectivity index (χ3v) is 5.30. The van der Waals surface area contributed by atoms with E-state index in [-0.39, 0.29) is 11.3 Å². The lowest BCUT2D eigenvalue weighted by Crippen LogP contribution is -2.45. The maximum Gasteiger partial charge on any atom is 0.139 e. The summed E-state index contributed by atoms with van der Waals surface area (Å²) in [6, 6.07) is 12.0. The molecule has 1 aliphatic heterocycles. The molecule has 2 aromatic rings. The number of aliphatic hydroxyl groups is 1. The molecule has 4 rings (SSSR count). The molecule has 0 aromatic heterocycles.